The molecule has 0 radical (unpaired) electrons. The summed E-state index contributed by atoms with van der Waals surface area (Å²) in [6.07, 6.45) is 8.19. The van der Waals surface area contributed by atoms with Crippen molar-refractivity contribution in [2.75, 3.05) is 0 Å². The summed E-state index contributed by atoms with van der Waals surface area (Å²) >= 11 is 0. The van der Waals surface area contributed by atoms with Gasteiger partial charge in [-0.05, 0) is 31.8 Å². The van der Waals surface area contributed by atoms with Gasteiger partial charge >= 0.3 is 5.97 Å². The number of carboxylic acids is 1. The smallest absolute Gasteiger partial charge is 0.339 e. The quantitative estimate of drug-likeness (QED) is 0.524. The lowest BCUT2D eigenvalue weighted by Crippen LogP contribution is -2.02. The van der Waals surface area contributed by atoms with Crippen molar-refractivity contribution in [1.82, 2.24) is 0 Å². The average molecular weight is 180 g/mol. The molecule has 1 aliphatic carbocycles. The third-order valence-corrected chi connectivity index (χ3v) is 2.51. The molecule has 1 saturated carbocycles. The Morgan fingerprint density at radius 3 is 2.54 bits per heavy atom. The average Bonchev–Trinajstić information content (AvgIpc) is 2.15. The van der Waals surface area contributed by atoms with Crippen LogP contribution in [0.25, 0.3) is 0 Å². The Labute approximate surface area is 79.0 Å². The van der Waals surface area contributed by atoms with Gasteiger partial charge in [0, 0.05) is 0 Å². The minimum absolute atomic E-state index is 0.311. The van der Waals surface area contributed by atoms with E-state index in [-0.39, 0.29) is 0 Å². The summed E-state index contributed by atoms with van der Waals surface area (Å²) in [5.74, 6) is -0.310. The van der Waals surface area contributed by atoms with Crippen molar-refractivity contribution in [3.8, 4) is 0 Å². The van der Waals surface area contributed by atoms with Crippen LogP contribution in [-0.4, -0.2) is 11.1 Å². The van der Waals surface area contributed by atoms with Crippen LogP contribution < -0.4 is 0 Å². The van der Waals surface area contributed by atoms with E-state index in [1.807, 2.05) is 6.08 Å². The molecule has 1 fully saturated rings. The first-order valence-electron chi connectivity index (χ1n) is 4.87. The lowest BCUT2D eigenvalue weighted by Gasteiger charge is -2.16. The second-order valence-corrected chi connectivity index (χ2v) is 3.64. The molecule has 1 rings (SSSR count). The van der Waals surface area contributed by atoms with E-state index >= 15 is 0 Å². The number of carboxylic acid groups (broad SMARTS) is 1. The number of aliphatic carboxylic acids is 1. The van der Waals surface area contributed by atoms with E-state index in [1.165, 1.54) is 32.1 Å². The fourth-order valence-electron chi connectivity index (χ4n) is 1.61. The number of carbonyl (C=O) groups is 1. The van der Waals surface area contributed by atoms with Crippen molar-refractivity contribution in [1.29, 1.82) is 0 Å². The van der Waals surface area contributed by atoms with E-state index in [2.05, 4.69) is 5.73 Å². The summed E-state index contributed by atoms with van der Waals surface area (Å²) in [5.41, 5.74) is 3.15. The maximum atomic E-state index is 10.5. The summed E-state index contributed by atoms with van der Waals surface area (Å²) in [6, 6.07) is 0. The van der Waals surface area contributed by atoms with Gasteiger partial charge in [-0.15, -0.1) is 5.73 Å². The molecule has 0 amide bonds. The first kappa shape index (κ1) is 10.1. The minimum Gasteiger partial charge on any atom is -0.477 e. The van der Waals surface area contributed by atoms with Gasteiger partial charge in [-0.3, -0.25) is 0 Å². The summed E-state index contributed by atoms with van der Waals surface area (Å²) in [4.78, 5) is 10.5. The molecule has 1 aliphatic rings. The van der Waals surface area contributed by atoms with E-state index in [0.29, 0.717) is 11.5 Å². The summed E-state index contributed by atoms with van der Waals surface area (Å²) < 4.78 is 0. The number of hydrogen-bond donors (Lipinski definition) is 1. The van der Waals surface area contributed by atoms with Crippen LogP contribution in [0.4, 0.5) is 0 Å². The van der Waals surface area contributed by atoms with Crippen LogP contribution in [0.1, 0.15) is 39.0 Å². The minimum atomic E-state index is -0.868. The third kappa shape index (κ3) is 3.47. The van der Waals surface area contributed by atoms with E-state index in [9.17, 15) is 4.79 Å². The van der Waals surface area contributed by atoms with Gasteiger partial charge in [-0.2, -0.15) is 0 Å². The highest BCUT2D eigenvalue weighted by Gasteiger charge is 2.09. The summed E-state index contributed by atoms with van der Waals surface area (Å²) in [5, 5.41) is 8.59. The zero-order valence-corrected chi connectivity index (χ0v) is 8.05. The van der Waals surface area contributed by atoms with Gasteiger partial charge in [0.1, 0.15) is 0 Å². The van der Waals surface area contributed by atoms with Gasteiger partial charge in [0.15, 0.2) is 0 Å². The standard InChI is InChI=1S/C11H16O2/c1-9(11(12)13)7-8-10-5-3-2-4-6-10/h8,10H,2-6H2,1H3,(H,12,13). The molecule has 0 heterocycles. The van der Waals surface area contributed by atoms with Gasteiger partial charge in [-0.25, -0.2) is 4.79 Å². The Bertz CT molecular complexity index is 241. The van der Waals surface area contributed by atoms with E-state index in [1.54, 1.807) is 6.92 Å². The van der Waals surface area contributed by atoms with E-state index < -0.39 is 5.97 Å². The third-order valence-electron chi connectivity index (χ3n) is 2.51. The Kier molecular flexibility index (Phi) is 3.78. The van der Waals surface area contributed by atoms with Crippen LogP contribution in [0, 0.1) is 5.92 Å². The normalized spacial score (nSPS) is 17.6. The van der Waals surface area contributed by atoms with Gasteiger partial charge < -0.3 is 5.11 Å². The van der Waals surface area contributed by atoms with Crippen LogP contribution in [0.3, 0.4) is 0 Å². The van der Waals surface area contributed by atoms with Crippen molar-refractivity contribution in [2.45, 2.75) is 39.0 Å². The second-order valence-electron chi connectivity index (χ2n) is 3.64. The molecule has 0 spiro atoms. The molecule has 0 aliphatic heterocycles. The summed E-state index contributed by atoms with van der Waals surface area (Å²) in [7, 11) is 0. The lowest BCUT2D eigenvalue weighted by molar-refractivity contribution is -0.132. The maximum Gasteiger partial charge on any atom is 0.339 e. The SMILES string of the molecule is CC(=C=CC1CCCCC1)C(=O)O. The highest BCUT2D eigenvalue weighted by Crippen LogP contribution is 2.24. The van der Waals surface area contributed by atoms with E-state index in [0.717, 1.165) is 0 Å². The first-order chi connectivity index (χ1) is 6.20. The molecule has 0 aromatic heterocycles. The highest BCUT2D eigenvalue weighted by molar-refractivity contribution is 5.85. The second kappa shape index (κ2) is 4.88. The number of hydrogen-bond acceptors (Lipinski definition) is 1. The molecular weight excluding hydrogens is 164 g/mol. The van der Waals surface area contributed by atoms with Gasteiger partial charge in [0.2, 0.25) is 0 Å². The van der Waals surface area contributed by atoms with Crippen LogP contribution in [0.5, 0.6) is 0 Å². The maximum absolute atomic E-state index is 10.5. The Balaban J connectivity index is 2.54. The number of rotatable bonds is 2. The van der Waals surface area contributed by atoms with Crippen LogP contribution in [0.15, 0.2) is 17.4 Å². The van der Waals surface area contributed by atoms with E-state index in [4.69, 9.17) is 5.11 Å². The predicted octanol–water partition coefficient (Wildman–Crippen LogP) is 2.75. The Morgan fingerprint density at radius 1 is 1.38 bits per heavy atom. The zero-order chi connectivity index (χ0) is 9.68. The molecular formula is C11H16O2. The molecule has 2 heteroatoms. The highest BCUT2D eigenvalue weighted by atomic mass is 16.4. The summed E-state index contributed by atoms with van der Waals surface area (Å²) in [6.45, 7) is 1.58. The van der Waals surface area contributed by atoms with Gasteiger partial charge in [0.05, 0.1) is 5.57 Å². The van der Waals surface area contributed by atoms with Crippen LogP contribution in [-0.2, 0) is 4.79 Å². The lowest BCUT2D eigenvalue weighted by atomic mass is 9.89. The first-order valence-corrected chi connectivity index (χ1v) is 4.87. The molecule has 0 bridgehead atoms. The molecule has 13 heavy (non-hydrogen) atoms. The topological polar surface area (TPSA) is 37.3 Å². The van der Waals surface area contributed by atoms with Crippen molar-refractivity contribution >= 4 is 5.97 Å². The largest absolute Gasteiger partial charge is 0.477 e. The van der Waals surface area contributed by atoms with Gasteiger partial charge in [0.25, 0.3) is 0 Å². The molecule has 0 saturated heterocycles. The molecule has 0 atom stereocenters. The monoisotopic (exact) mass is 180 g/mol. The van der Waals surface area contributed by atoms with Gasteiger partial charge in [-0.1, -0.05) is 19.3 Å². The fourth-order valence-corrected chi connectivity index (χ4v) is 1.61. The molecule has 0 aromatic rings. The van der Waals surface area contributed by atoms with Crippen molar-refractivity contribution in [3.05, 3.63) is 17.4 Å². The van der Waals surface area contributed by atoms with Crippen molar-refractivity contribution < 1.29 is 9.90 Å². The Morgan fingerprint density at radius 2 is 2.00 bits per heavy atom. The predicted molar refractivity (Wildman–Crippen MR) is 51.5 cm³/mol. The zero-order valence-electron chi connectivity index (χ0n) is 8.05. The molecule has 0 unspecified atom stereocenters. The van der Waals surface area contributed by atoms with Crippen LogP contribution in [0.2, 0.25) is 0 Å². The fraction of sp³-hybridized carbons (Fsp3) is 0.636. The van der Waals surface area contributed by atoms with Crippen molar-refractivity contribution in [3.63, 3.8) is 0 Å². The Hall–Kier alpha value is -1.01. The molecule has 2 nitrogen and oxygen atoms in total. The molecule has 1 N–H and O–H groups in total. The van der Waals surface area contributed by atoms with Crippen LogP contribution >= 0.6 is 0 Å². The molecule has 0 aromatic carbocycles. The van der Waals surface area contributed by atoms with Crippen molar-refractivity contribution in [2.24, 2.45) is 5.92 Å². The molecule has 72 valence electrons.